The molecule has 2 aliphatic heterocycles. The van der Waals surface area contributed by atoms with Crippen molar-refractivity contribution in [2.45, 2.75) is 38.1 Å². The Labute approximate surface area is 172 Å². The molecule has 0 radical (unpaired) electrons. The van der Waals surface area contributed by atoms with Gasteiger partial charge in [-0.05, 0) is 56.9 Å². The van der Waals surface area contributed by atoms with Gasteiger partial charge in [0.1, 0.15) is 0 Å². The summed E-state index contributed by atoms with van der Waals surface area (Å²) in [6.45, 7) is 5.86. The van der Waals surface area contributed by atoms with Crippen LogP contribution in [0.4, 0.5) is 4.79 Å². The number of piperidine rings is 2. The minimum absolute atomic E-state index is 0.0784. The van der Waals surface area contributed by atoms with Gasteiger partial charge in [-0.25, -0.2) is 4.79 Å². The largest absolute Gasteiger partial charge is 0.335 e. The molecule has 6 heteroatoms. The molecular weight excluding hydrogens is 362 g/mol. The van der Waals surface area contributed by atoms with Gasteiger partial charge in [0.05, 0.1) is 5.52 Å². The smallest absolute Gasteiger partial charge is 0.317 e. The zero-order valence-electron chi connectivity index (χ0n) is 17.4. The van der Waals surface area contributed by atoms with Crippen LogP contribution in [0.5, 0.6) is 0 Å². The van der Waals surface area contributed by atoms with Crippen molar-refractivity contribution >= 4 is 23.1 Å². The molecule has 2 amide bonds. The van der Waals surface area contributed by atoms with Gasteiger partial charge in [0.25, 0.3) is 0 Å². The molecule has 2 atom stereocenters. The number of amides is 2. The van der Waals surface area contributed by atoms with E-state index in [4.69, 9.17) is 5.41 Å². The Balaban J connectivity index is 1.53. The highest BCUT2D eigenvalue weighted by atomic mass is 16.2. The standard InChI is InChI=1S/C23H31N5O/c1-16-12-18(20-6-5-17(13-24)22-21(20)4-3-9-25-22)15-28(14-16)23(29)26-19-7-10-27(2)11-8-19/h3-6,9,13,16,18-19,24H,7-8,10-12,14-15H2,1-2H3,(H,26,29)/t16-,18+/m1/s1. The van der Waals surface area contributed by atoms with Crippen LogP contribution in [0, 0.1) is 11.3 Å². The monoisotopic (exact) mass is 393 g/mol. The molecule has 1 aromatic carbocycles. The number of carbonyl (C=O) groups is 1. The van der Waals surface area contributed by atoms with Crippen molar-refractivity contribution in [3.8, 4) is 0 Å². The van der Waals surface area contributed by atoms with Gasteiger partial charge in [-0.2, -0.15) is 0 Å². The number of urea groups is 1. The van der Waals surface area contributed by atoms with Crippen LogP contribution in [0.1, 0.15) is 43.2 Å². The fourth-order valence-electron chi connectivity index (χ4n) is 4.85. The van der Waals surface area contributed by atoms with Crippen LogP contribution in [0.3, 0.4) is 0 Å². The number of nitrogens with zero attached hydrogens (tertiary/aromatic N) is 3. The van der Waals surface area contributed by atoms with Crippen molar-refractivity contribution in [3.63, 3.8) is 0 Å². The number of pyridine rings is 1. The van der Waals surface area contributed by atoms with E-state index in [-0.39, 0.29) is 18.0 Å². The number of rotatable bonds is 3. The van der Waals surface area contributed by atoms with Gasteiger partial charge < -0.3 is 20.5 Å². The summed E-state index contributed by atoms with van der Waals surface area (Å²) in [6, 6.07) is 8.52. The van der Waals surface area contributed by atoms with Crippen LogP contribution < -0.4 is 5.32 Å². The number of likely N-dealkylation sites (tertiary alicyclic amines) is 2. The first-order valence-corrected chi connectivity index (χ1v) is 10.7. The molecular formula is C23H31N5O. The van der Waals surface area contributed by atoms with Gasteiger partial charge in [0.15, 0.2) is 0 Å². The third kappa shape index (κ3) is 4.27. The number of fused-ring (bicyclic) bond motifs is 1. The zero-order valence-corrected chi connectivity index (χ0v) is 17.4. The quantitative estimate of drug-likeness (QED) is 0.785. The molecule has 29 heavy (non-hydrogen) atoms. The highest BCUT2D eigenvalue weighted by Crippen LogP contribution is 2.34. The number of carbonyl (C=O) groups excluding carboxylic acids is 1. The molecule has 6 nitrogen and oxygen atoms in total. The van der Waals surface area contributed by atoms with Crippen molar-refractivity contribution in [3.05, 3.63) is 41.6 Å². The normalized spacial score (nSPS) is 23.9. The van der Waals surface area contributed by atoms with Crippen molar-refractivity contribution in [1.82, 2.24) is 20.1 Å². The van der Waals surface area contributed by atoms with Crippen LogP contribution in [-0.2, 0) is 0 Å². The fourth-order valence-corrected chi connectivity index (χ4v) is 4.85. The Morgan fingerprint density at radius 2 is 2.03 bits per heavy atom. The number of hydrogen-bond donors (Lipinski definition) is 2. The van der Waals surface area contributed by atoms with Gasteiger partial charge in [-0.1, -0.05) is 25.1 Å². The summed E-state index contributed by atoms with van der Waals surface area (Å²) in [5.74, 6) is 0.736. The van der Waals surface area contributed by atoms with Crippen LogP contribution in [0.15, 0.2) is 30.5 Å². The summed E-state index contributed by atoms with van der Waals surface area (Å²) in [5, 5.41) is 12.0. The number of aromatic nitrogens is 1. The molecule has 2 fully saturated rings. The summed E-state index contributed by atoms with van der Waals surface area (Å²) < 4.78 is 0. The van der Waals surface area contributed by atoms with Gasteiger partial charge in [-0.15, -0.1) is 0 Å². The van der Waals surface area contributed by atoms with E-state index in [2.05, 4.69) is 41.3 Å². The fraction of sp³-hybridized carbons (Fsp3) is 0.522. The Morgan fingerprint density at radius 3 is 2.79 bits per heavy atom. The van der Waals surface area contributed by atoms with Crippen molar-refractivity contribution in [2.75, 3.05) is 33.2 Å². The lowest BCUT2D eigenvalue weighted by Gasteiger charge is -2.38. The third-order valence-electron chi connectivity index (χ3n) is 6.42. The van der Waals surface area contributed by atoms with E-state index in [1.165, 1.54) is 11.8 Å². The molecule has 2 N–H and O–H groups in total. The first-order chi connectivity index (χ1) is 14.0. The van der Waals surface area contributed by atoms with Crippen LogP contribution in [0.25, 0.3) is 10.9 Å². The number of nitrogens with one attached hydrogen (secondary N) is 2. The Hall–Kier alpha value is -2.47. The van der Waals surface area contributed by atoms with Crippen LogP contribution >= 0.6 is 0 Å². The molecule has 4 rings (SSSR count). The van der Waals surface area contributed by atoms with E-state index in [9.17, 15) is 4.79 Å². The van der Waals surface area contributed by atoms with Gasteiger partial charge in [-0.3, -0.25) is 4.98 Å². The zero-order chi connectivity index (χ0) is 20.4. The van der Waals surface area contributed by atoms with Crippen LogP contribution in [-0.4, -0.2) is 66.3 Å². The highest BCUT2D eigenvalue weighted by molar-refractivity contribution is 5.98. The Bertz CT molecular complexity index is 890. The SMILES string of the molecule is C[C@@H]1C[C@H](c2ccc(C=N)c3ncccc23)CN(C(=O)NC2CCN(C)CC2)C1. The number of hydrogen-bond acceptors (Lipinski definition) is 4. The molecule has 1 aromatic heterocycles. The molecule has 0 unspecified atom stereocenters. The lowest BCUT2D eigenvalue weighted by molar-refractivity contribution is 0.150. The third-order valence-corrected chi connectivity index (χ3v) is 6.42. The second-order valence-electron chi connectivity index (χ2n) is 8.76. The maximum atomic E-state index is 13.0. The first-order valence-electron chi connectivity index (χ1n) is 10.7. The summed E-state index contributed by atoms with van der Waals surface area (Å²) in [6.07, 6.45) is 6.26. The minimum atomic E-state index is 0.0784. The molecule has 0 bridgehead atoms. The summed E-state index contributed by atoms with van der Waals surface area (Å²) in [5.41, 5.74) is 2.95. The van der Waals surface area contributed by atoms with Gasteiger partial charge >= 0.3 is 6.03 Å². The highest BCUT2D eigenvalue weighted by Gasteiger charge is 2.31. The summed E-state index contributed by atoms with van der Waals surface area (Å²) in [4.78, 5) is 21.8. The average molecular weight is 394 g/mol. The van der Waals surface area contributed by atoms with Crippen molar-refractivity contribution < 1.29 is 4.79 Å². The molecule has 0 aliphatic carbocycles. The average Bonchev–Trinajstić information content (AvgIpc) is 2.74. The molecule has 2 aliphatic rings. The van der Waals surface area contributed by atoms with E-state index in [0.29, 0.717) is 5.92 Å². The van der Waals surface area contributed by atoms with E-state index in [0.717, 1.165) is 61.9 Å². The molecule has 0 spiro atoms. The van der Waals surface area contributed by atoms with E-state index < -0.39 is 0 Å². The predicted molar refractivity (Wildman–Crippen MR) is 117 cm³/mol. The van der Waals surface area contributed by atoms with Gasteiger partial charge in [0.2, 0.25) is 0 Å². The Morgan fingerprint density at radius 1 is 1.24 bits per heavy atom. The summed E-state index contributed by atoms with van der Waals surface area (Å²) in [7, 11) is 2.14. The minimum Gasteiger partial charge on any atom is -0.335 e. The first kappa shape index (κ1) is 19.8. The lowest BCUT2D eigenvalue weighted by atomic mass is 9.83. The topological polar surface area (TPSA) is 72.3 Å². The van der Waals surface area contributed by atoms with E-state index >= 15 is 0 Å². The summed E-state index contributed by atoms with van der Waals surface area (Å²) >= 11 is 0. The molecule has 2 aromatic rings. The molecule has 0 saturated carbocycles. The molecule has 3 heterocycles. The van der Waals surface area contributed by atoms with Crippen molar-refractivity contribution in [1.29, 1.82) is 5.41 Å². The number of benzene rings is 1. The van der Waals surface area contributed by atoms with E-state index in [1.807, 2.05) is 17.0 Å². The van der Waals surface area contributed by atoms with E-state index in [1.54, 1.807) is 6.20 Å². The molecule has 2 saturated heterocycles. The maximum Gasteiger partial charge on any atom is 0.317 e. The second-order valence-corrected chi connectivity index (χ2v) is 8.76. The predicted octanol–water partition coefficient (Wildman–Crippen LogP) is 3.46. The van der Waals surface area contributed by atoms with Crippen LogP contribution in [0.2, 0.25) is 0 Å². The Kier molecular flexibility index (Phi) is 5.81. The van der Waals surface area contributed by atoms with Crippen molar-refractivity contribution in [2.24, 2.45) is 5.92 Å². The lowest BCUT2D eigenvalue weighted by Crippen LogP contribution is -2.52. The van der Waals surface area contributed by atoms with Gasteiger partial charge in [0, 0.05) is 48.4 Å². The second kappa shape index (κ2) is 8.49. The molecule has 154 valence electrons. The maximum absolute atomic E-state index is 13.0.